The average Bonchev–Trinajstić information content (AvgIpc) is 2.77. The van der Waals surface area contributed by atoms with E-state index >= 15 is 0 Å². The monoisotopic (exact) mass is 472 g/mol. The summed E-state index contributed by atoms with van der Waals surface area (Å²) in [6, 6.07) is 15.6. The highest BCUT2D eigenvalue weighted by atomic mass is 35.5. The number of benzene rings is 2. The Morgan fingerprint density at radius 3 is 2.39 bits per heavy atom. The molecule has 0 radical (unpaired) electrons. The minimum Gasteiger partial charge on any atom is -0.444 e. The lowest BCUT2D eigenvalue weighted by Gasteiger charge is -2.41. The average molecular weight is 473 g/mol. The van der Waals surface area contributed by atoms with Crippen molar-refractivity contribution >= 4 is 29.8 Å². The molecule has 2 amide bonds. The van der Waals surface area contributed by atoms with Gasteiger partial charge in [-0.3, -0.25) is 0 Å². The molecule has 0 bridgehead atoms. The highest BCUT2D eigenvalue weighted by Gasteiger charge is 2.35. The summed E-state index contributed by atoms with van der Waals surface area (Å²) in [5, 5.41) is 0.643. The van der Waals surface area contributed by atoms with E-state index in [0.717, 1.165) is 5.56 Å². The summed E-state index contributed by atoms with van der Waals surface area (Å²) in [6.07, 6.45) is 0.110. The molecule has 176 valence electrons. The number of piperazine rings is 1. The first kappa shape index (κ1) is 24.6. The molecule has 2 aromatic carbocycles. The molecule has 2 aromatic rings. The highest BCUT2D eigenvalue weighted by Crippen LogP contribution is 2.21. The zero-order valence-corrected chi connectivity index (χ0v) is 19.9. The third kappa shape index (κ3) is 7.22. The van der Waals surface area contributed by atoms with E-state index in [4.69, 9.17) is 21.1 Å². The summed E-state index contributed by atoms with van der Waals surface area (Å²) in [7, 11) is 0. The lowest BCUT2D eigenvalue weighted by atomic mass is 10.0. The van der Waals surface area contributed by atoms with Crippen molar-refractivity contribution in [2.75, 3.05) is 19.6 Å². The SMILES string of the molecule is CC(C)(C)OC(=O)N1CCN(C(=O)OC(=O)c2ccccc2)CC1CCc1cccc(Cl)c1. The van der Waals surface area contributed by atoms with Crippen molar-refractivity contribution in [2.45, 2.75) is 45.3 Å². The third-order valence-corrected chi connectivity index (χ3v) is 5.45. The maximum atomic E-state index is 12.8. The highest BCUT2D eigenvalue weighted by molar-refractivity contribution is 6.30. The van der Waals surface area contributed by atoms with Gasteiger partial charge in [0.2, 0.25) is 0 Å². The van der Waals surface area contributed by atoms with Crippen LogP contribution in [0.1, 0.15) is 43.1 Å². The zero-order chi connectivity index (χ0) is 24.0. The van der Waals surface area contributed by atoms with Crippen LogP contribution in [0.25, 0.3) is 0 Å². The minimum atomic E-state index is -0.722. The van der Waals surface area contributed by atoms with E-state index in [1.807, 2.05) is 39.0 Å². The number of hydrogen-bond acceptors (Lipinski definition) is 5. The fourth-order valence-corrected chi connectivity index (χ4v) is 3.84. The summed E-state index contributed by atoms with van der Waals surface area (Å²) < 4.78 is 10.6. The van der Waals surface area contributed by atoms with Crippen LogP contribution in [0.3, 0.4) is 0 Å². The van der Waals surface area contributed by atoms with Crippen molar-refractivity contribution < 1.29 is 23.9 Å². The molecular weight excluding hydrogens is 444 g/mol. The molecule has 1 saturated heterocycles. The summed E-state index contributed by atoms with van der Waals surface area (Å²) in [4.78, 5) is 40.9. The molecule has 3 rings (SSSR count). The first-order valence-corrected chi connectivity index (χ1v) is 11.3. The maximum Gasteiger partial charge on any atom is 0.417 e. The fourth-order valence-electron chi connectivity index (χ4n) is 3.63. The lowest BCUT2D eigenvalue weighted by molar-refractivity contribution is -0.00336. The van der Waals surface area contributed by atoms with Gasteiger partial charge in [0.1, 0.15) is 5.60 Å². The Balaban J connectivity index is 1.69. The van der Waals surface area contributed by atoms with Gasteiger partial charge < -0.3 is 19.3 Å². The topological polar surface area (TPSA) is 76.2 Å². The van der Waals surface area contributed by atoms with Crippen LogP contribution in [0, 0.1) is 0 Å². The molecule has 0 saturated carbocycles. The van der Waals surface area contributed by atoms with Gasteiger partial charge in [-0.25, -0.2) is 14.4 Å². The van der Waals surface area contributed by atoms with Crippen LogP contribution in [0.5, 0.6) is 0 Å². The number of esters is 1. The molecule has 0 aliphatic carbocycles. The van der Waals surface area contributed by atoms with Gasteiger partial charge in [-0.2, -0.15) is 0 Å². The molecule has 7 nitrogen and oxygen atoms in total. The van der Waals surface area contributed by atoms with E-state index in [0.29, 0.717) is 23.4 Å². The van der Waals surface area contributed by atoms with Crippen LogP contribution in [-0.2, 0) is 15.9 Å². The second kappa shape index (κ2) is 10.7. The lowest BCUT2D eigenvalue weighted by Crippen LogP contribution is -2.57. The van der Waals surface area contributed by atoms with Gasteiger partial charge >= 0.3 is 18.2 Å². The quantitative estimate of drug-likeness (QED) is 0.453. The van der Waals surface area contributed by atoms with E-state index in [1.54, 1.807) is 41.3 Å². The van der Waals surface area contributed by atoms with Gasteiger partial charge in [0.05, 0.1) is 11.6 Å². The molecule has 8 heteroatoms. The number of nitrogens with zero attached hydrogens (tertiary/aromatic N) is 2. The Labute approximate surface area is 199 Å². The molecule has 0 N–H and O–H groups in total. The number of carbonyl (C=O) groups is 3. The van der Waals surface area contributed by atoms with E-state index in [2.05, 4.69) is 0 Å². The number of amides is 2. The van der Waals surface area contributed by atoms with Crippen molar-refractivity contribution in [3.8, 4) is 0 Å². The largest absolute Gasteiger partial charge is 0.444 e. The molecule has 1 aliphatic rings. The van der Waals surface area contributed by atoms with Crippen molar-refractivity contribution in [1.82, 2.24) is 9.80 Å². The summed E-state index contributed by atoms with van der Waals surface area (Å²) in [5.41, 5.74) is 0.702. The fraction of sp³-hybridized carbons (Fsp3) is 0.400. The summed E-state index contributed by atoms with van der Waals surface area (Å²) in [6.45, 7) is 6.20. The Morgan fingerprint density at radius 2 is 1.73 bits per heavy atom. The Hall–Kier alpha value is -3.06. The number of aryl methyl sites for hydroxylation is 1. The zero-order valence-electron chi connectivity index (χ0n) is 19.1. The van der Waals surface area contributed by atoms with Gasteiger partial charge in [-0.05, 0) is 63.4 Å². The van der Waals surface area contributed by atoms with Crippen LogP contribution < -0.4 is 0 Å². The van der Waals surface area contributed by atoms with Gasteiger partial charge in [-0.1, -0.05) is 41.9 Å². The molecule has 1 heterocycles. The Kier molecular flexibility index (Phi) is 7.97. The predicted octanol–water partition coefficient (Wildman–Crippen LogP) is 5.17. The van der Waals surface area contributed by atoms with Gasteiger partial charge in [-0.15, -0.1) is 0 Å². The standard InChI is InChI=1S/C25H29ClN2O5/c1-25(2,3)33-24(31)28-15-14-27(23(30)32-22(29)19-9-5-4-6-10-19)17-21(28)13-12-18-8-7-11-20(26)16-18/h4-11,16,21H,12-15,17H2,1-3H3. The van der Waals surface area contributed by atoms with E-state index in [9.17, 15) is 14.4 Å². The van der Waals surface area contributed by atoms with Crippen LogP contribution in [0.2, 0.25) is 5.02 Å². The van der Waals surface area contributed by atoms with Crippen LogP contribution >= 0.6 is 11.6 Å². The van der Waals surface area contributed by atoms with Crippen molar-refractivity contribution in [3.63, 3.8) is 0 Å². The second-order valence-electron chi connectivity index (χ2n) is 8.96. The van der Waals surface area contributed by atoms with Crippen molar-refractivity contribution in [2.24, 2.45) is 0 Å². The number of carbonyl (C=O) groups excluding carboxylic acids is 3. The van der Waals surface area contributed by atoms with Crippen molar-refractivity contribution in [3.05, 3.63) is 70.7 Å². The first-order chi connectivity index (χ1) is 15.6. The number of hydrogen-bond donors (Lipinski definition) is 0. The van der Waals surface area contributed by atoms with Crippen LogP contribution in [0.4, 0.5) is 9.59 Å². The number of ether oxygens (including phenoxy) is 2. The smallest absolute Gasteiger partial charge is 0.417 e. The van der Waals surface area contributed by atoms with Gasteiger partial charge in [0, 0.05) is 24.7 Å². The molecule has 0 spiro atoms. The van der Waals surface area contributed by atoms with Gasteiger partial charge in [0.15, 0.2) is 0 Å². The molecule has 0 aromatic heterocycles. The first-order valence-electron chi connectivity index (χ1n) is 10.9. The van der Waals surface area contributed by atoms with E-state index in [-0.39, 0.29) is 25.7 Å². The third-order valence-electron chi connectivity index (χ3n) is 5.21. The summed E-state index contributed by atoms with van der Waals surface area (Å²) in [5.74, 6) is -0.703. The van der Waals surface area contributed by atoms with Crippen LogP contribution in [-0.4, -0.2) is 59.2 Å². The number of rotatable bonds is 4. The normalized spacial score (nSPS) is 16.3. The second-order valence-corrected chi connectivity index (χ2v) is 9.40. The predicted molar refractivity (Wildman–Crippen MR) is 125 cm³/mol. The Bertz CT molecular complexity index is 990. The molecule has 1 aliphatic heterocycles. The maximum absolute atomic E-state index is 12.8. The van der Waals surface area contributed by atoms with Crippen molar-refractivity contribution in [1.29, 1.82) is 0 Å². The van der Waals surface area contributed by atoms with Crippen LogP contribution in [0.15, 0.2) is 54.6 Å². The minimum absolute atomic E-state index is 0.237. The Morgan fingerprint density at radius 1 is 1.00 bits per heavy atom. The summed E-state index contributed by atoms with van der Waals surface area (Å²) >= 11 is 6.10. The molecule has 1 unspecified atom stereocenters. The molecule has 1 fully saturated rings. The molecule has 1 atom stereocenters. The van der Waals surface area contributed by atoms with Gasteiger partial charge in [0.25, 0.3) is 0 Å². The molecule has 33 heavy (non-hydrogen) atoms. The molecular formula is C25H29ClN2O5. The van der Waals surface area contributed by atoms with E-state index < -0.39 is 23.8 Å². The number of halogens is 1. The van der Waals surface area contributed by atoms with E-state index in [1.165, 1.54) is 4.90 Å².